The lowest BCUT2D eigenvalue weighted by Crippen LogP contribution is -2.42. The predicted octanol–water partition coefficient (Wildman–Crippen LogP) is 4.13. The number of hydrogen-bond donors (Lipinski definition) is 1. The van der Waals surface area contributed by atoms with Gasteiger partial charge in [0.2, 0.25) is 0 Å². The summed E-state index contributed by atoms with van der Waals surface area (Å²) in [5.74, 6) is 0.499. The van der Waals surface area contributed by atoms with E-state index in [4.69, 9.17) is 21.7 Å². The minimum atomic E-state index is -0.354. The first-order valence-electron chi connectivity index (χ1n) is 8.87. The van der Waals surface area contributed by atoms with Gasteiger partial charge in [-0.3, -0.25) is 0 Å². The fourth-order valence-electron chi connectivity index (χ4n) is 2.87. The van der Waals surface area contributed by atoms with E-state index in [2.05, 4.69) is 36.2 Å². The van der Waals surface area contributed by atoms with Gasteiger partial charge in [0.15, 0.2) is 5.11 Å². The molecule has 2 aromatic carbocycles. The number of rotatable bonds is 7. The molecule has 0 bridgehead atoms. The highest BCUT2D eigenvalue weighted by molar-refractivity contribution is 7.80. The number of likely N-dealkylation sites (N-methyl/N-ethyl adjacent to an activating group) is 1. The summed E-state index contributed by atoms with van der Waals surface area (Å²) in [7, 11) is 3.03. The minimum absolute atomic E-state index is 0.234. The molecule has 0 fully saturated rings. The summed E-state index contributed by atoms with van der Waals surface area (Å²) in [6.45, 7) is 5.03. The number of hydrogen-bond acceptors (Lipinski definition) is 4. The molecule has 5 nitrogen and oxygen atoms in total. The maximum absolute atomic E-state index is 11.5. The van der Waals surface area contributed by atoms with Crippen LogP contribution in [-0.4, -0.2) is 42.8 Å². The fourth-order valence-corrected chi connectivity index (χ4v) is 3.30. The van der Waals surface area contributed by atoms with E-state index in [1.54, 1.807) is 19.2 Å². The Labute approximate surface area is 166 Å². The SMILES string of the molecule is CCN(C(=S)Nc1ccc(C(=O)OC)cc1)C(C)Cc1ccc(OC)cc1. The summed E-state index contributed by atoms with van der Waals surface area (Å²) < 4.78 is 9.92. The smallest absolute Gasteiger partial charge is 0.337 e. The number of esters is 1. The van der Waals surface area contributed by atoms with Crippen LogP contribution in [0.3, 0.4) is 0 Å². The molecule has 2 rings (SSSR count). The molecule has 0 aromatic heterocycles. The van der Waals surface area contributed by atoms with Crippen LogP contribution in [0, 0.1) is 0 Å². The predicted molar refractivity (Wildman–Crippen MR) is 113 cm³/mol. The maximum atomic E-state index is 11.5. The van der Waals surface area contributed by atoms with Crippen molar-refractivity contribution >= 4 is 29.0 Å². The van der Waals surface area contributed by atoms with Gasteiger partial charge in [0, 0.05) is 18.3 Å². The second-order valence-electron chi connectivity index (χ2n) is 6.19. The van der Waals surface area contributed by atoms with Crippen molar-refractivity contribution in [2.75, 3.05) is 26.1 Å². The van der Waals surface area contributed by atoms with Gasteiger partial charge in [-0.1, -0.05) is 12.1 Å². The molecule has 0 aliphatic rings. The highest BCUT2D eigenvalue weighted by Crippen LogP contribution is 2.16. The molecular weight excluding hydrogens is 360 g/mol. The first-order chi connectivity index (χ1) is 13.0. The standard InChI is InChI=1S/C21H26N2O3S/c1-5-23(15(2)14-16-6-12-19(25-3)13-7-16)21(27)22-18-10-8-17(9-11-18)20(24)26-4/h6-13,15H,5,14H2,1-4H3,(H,22,27). The third-order valence-corrected chi connectivity index (χ3v) is 4.72. The van der Waals surface area contributed by atoms with E-state index < -0.39 is 0 Å². The summed E-state index contributed by atoms with van der Waals surface area (Å²) in [6, 6.07) is 15.4. The Morgan fingerprint density at radius 3 is 2.26 bits per heavy atom. The first-order valence-corrected chi connectivity index (χ1v) is 9.28. The van der Waals surface area contributed by atoms with Crippen LogP contribution in [0.1, 0.15) is 29.8 Å². The second kappa shape index (κ2) is 9.92. The number of nitrogens with one attached hydrogen (secondary N) is 1. The number of benzene rings is 2. The van der Waals surface area contributed by atoms with Crippen molar-refractivity contribution in [1.29, 1.82) is 0 Å². The Kier molecular flexibility index (Phi) is 7.61. The molecule has 0 radical (unpaired) electrons. The van der Waals surface area contributed by atoms with E-state index in [1.807, 2.05) is 24.3 Å². The Bertz CT molecular complexity index is 760. The molecule has 6 heteroatoms. The zero-order valence-corrected chi connectivity index (χ0v) is 17.0. The summed E-state index contributed by atoms with van der Waals surface area (Å²) in [5.41, 5.74) is 2.57. The molecule has 0 heterocycles. The molecule has 2 aromatic rings. The van der Waals surface area contributed by atoms with Crippen molar-refractivity contribution < 1.29 is 14.3 Å². The van der Waals surface area contributed by atoms with E-state index in [-0.39, 0.29) is 12.0 Å². The van der Waals surface area contributed by atoms with E-state index in [0.717, 1.165) is 24.4 Å². The van der Waals surface area contributed by atoms with Crippen LogP contribution >= 0.6 is 12.2 Å². The first kappa shape index (κ1) is 20.7. The maximum Gasteiger partial charge on any atom is 0.337 e. The van der Waals surface area contributed by atoms with Crippen molar-refractivity contribution in [3.8, 4) is 5.75 Å². The van der Waals surface area contributed by atoms with E-state index in [0.29, 0.717) is 10.7 Å². The van der Waals surface area contributed by atoms with E-state index in [1.165, 1.54) is 12.7 Å². The number of carbonyl (C=O) groups is 1. The lowest BCUT2D eigenvalue weighted by molar-refractivity contribution is 0.0601. The van der Waals surface area contributed by atoms with Crippen LogP contribution in [0.15, 0.2) is 48.5 Å². The van der Waals surface area contributed by atoms with Gasteiger partial charge in [0.05, 0.1) is 19.8 Å². The normalized spacial score (nSPS) is 11.4. The Morgan fingerprint density at radius 1 is 1.11 bits per heavy atom. The number of methoxy groups -OCH3 is 2. The van der Waals surface area contributed by atoms with E-state index >= 15 is 0 Å². The van der Waals surface area contributed by atoms with Crippen LogP contribution in [0.25, 0.3) is 0 Å². The molecule has 0 saturated carbocycles. The Morgan fingerprint density at radius 2 is 1.74 bits per heavy atom. The van der Waals surface area contributed by atoms with Gasteiger partial charge in [0.25, 0.3) is 0 Å². The molecule has 1 atom stereocenters. The van der Waals surface area contributed by atoms with Gasteiger partial charge >= 0.3 is 5.97 Å². The number of ether oxygens (including phenoxy) is 2. The van der Waals surface area contributed by atoms with Gasteiger partial charge in [-0.2, -0.15) is 0 Å². The molecule has 0 aliphatic carbocycles. The summed E-state index contributed by atoms with van der Waals surface area (Å²) in [6.07, 6.45) is 0.876. The fraction of sp³-hybridized carbons (Fsp3) is 0.333. The van der Waals surface area contributed by atoms with Crippen molar-refractivity contribution in [2.24, 2.45) is 0 Å². The van der Waals surface area contributed by atoms with Gasteiger partial charge in [-0.25, -0.2) is 4.79 Å². The van der Waals surface area contributed by atoms with Crippen LogP contribution in [0.4, 0.5) is 5.69 Å². The van der Waals surface area contributed by atoms with Gasteiger partial charge in [-0.15, -0.1) is 0 Å². The Hall–Kier alpha value is -2.60. The molecule has 1 unspecified atom stereocenters. The number of carbonyl (C=O) groups excluding carboxylic acids is 1. The highest BCUT2D eigenvalue weighted by Gasteiger charge is 2.16. The van der Waals surface area contributed by atoms with Crippen molar-refractivity contribution in [3.63, 3.8) is 0 Å². The summed E-state index contributed by atoms with van der Waals surface area (Å²) in [4.78, 5) is 13.7. The van der Waals surface area contributed by atoms with Gasteiger partial charge in [-0.05, 0) is 74.4 Å². The quantitative estimate of drug-likeness (QED) is 0.570. The summed E-state index contributed by atoms with van der Waals surface area (Å²) in [5, 5.41) is 3.90. The Balaban J connectivity index is 2.00. The molecule has 0 saturated heterocycles. The number of thiocarbonyl (C=S) groups is 1. The molecular formula is C21H26N2O3S. The van der Waals surface area contributed by atoms with Crippen LogP contribution in [-0.2, 0) is 11.2 Å². The average molecular weight is 387 g/mol. The van der Waals surface area contributed by atoms with Crippen LogP contribution in [0.5, 0.6) is 5.75 Å². The van der Waals surface area contributed by atoms with Crippen LogP contribution in [0.2, 0.25) is 0 Å². The van der Waals surface area contributed by atoms with Crippen molar-refractivity contribution in [2.45, 2.75) is 26.3 Å². The highest BCUT2D eigenvalue weighted by atomic mass is 32.1. The molecule has 0 spiro atoms. The molecule has 1 N–H and O–H groups in total. The van der Waals surface area contributed by atoms with Gasteiger partial charge in [0.1, 0.15) is 5.75 Å². The second-order valence-corrected chi connectivity index (χ2v) is 6.57. The largest absolute Gasteiger partial charge is 0.497 e. The van der Waals surface area contributed by atoms with Crippen molar-refractivity contribution in [3.05, 3.63) is 59.7 Å². The molecule has 144 valence electrons. The van der Waals surface area contributed by atoms with E-state index in [9.17, 15) is 4.79 Å². The third-order valence-electron chi connectivity index (χ3n) is 4.38. The lowest BCUT2D eigenvalue weighted by atomic mass is 10.1. The molecule has 0 amide bonds. The zero-order valence-electron chi connectivity index (χ0n) is 16.2. The average Bonchev–Trinajstić information content (AvgIpc) is 2.69. The van der Waals surface area contributed by atoms with Crippen LogP contribution < -0.4 is 10.1 Å². The molecule has 0 aliphatic heterocycles. The molecule has 27 heavy (non-hydrogen) atoms. The van der Waals surface area contributed by atoms with Gasteiger partial charge < -0.3 is 19.7 Å². The monoisotopic (exact) mass is 386 g/mol. The van der Waals surface area contributed by atoms with Crippen molar-refractivity contribution in [1.82, 2.24) is 4.90 Å². The number of nitrogens with zero attached hydrogens (tertiary/aromatic N) is 1. The lowest BCUT2D eigenvalue weighted by Gasteiger charge is -2.31. The summed E-state index contributed by atoms with van der Waals surface area (Å²) >= 11 is 5.60. The third kappa shape index (κ3) is 5.69. The minimum Gasteiger partial charge on any atom is -0.497 e. The topological polar surface area (TPSA) is 50.8 Å². The number of anilines is 1. The zero-order chi connectivity index (χ0) is 19.8.